The molecule has 3 aromatic rings. The summed E-state index contributed by atoms with van der Waals surface area (Å²) in [5.74, 6) is 1.60. The predicted molar refractivity (Wildman–Crippen MR) is 73.2 cm³/mol. The number of rotatable bonds is 3. The third-order valence-electron chi connectivity index (χ3n) is 2.58. The molecule has 0 amide bonds. The first-order chi connectivity index (χ1) is 8.74. The zero-order chi connectivity index (χ0) is 12.5. The number of nitrogens with one attached hydrogen (secondary N) is 1. The lowest BCUT2D eigenvalue weighted by atomic mass is 10.3. The van der Waals surface area contributed by atoms with E-state index in [0.29, 0.717) is 6.54 Å². The lowest BCUT2D eigenvalue weighted by Crippen LogP contribution is -2.01. The fourth-order valence-corrected chi connectivity index (χ4v) is 2.83. The van der Waals surface area contributed by atoms with Crippen LogP contribution in [-0.4, -0.2) is 9.97 Å². The Morgan fingerprint density at radius 3 is 3.11 bits per heavy atom. The molecule has 0 aliphatic heterocycles. The van der Waals surface area contributed by atoms with Crippen LogP contribution in [0.15, 0.2) is 28.2 Å². The van der Waals surface area contributed by atoms with Crippen molar-refractivity contribution in [1.29, 1.82) is 0 Å². The third kappa shape index (κ3) is 2.07. The molecule has 3 heterocycles. The monoisotopic (exact) mass is 279 g/mol. The number of thiophene rings is 1. The Bertz CT molecular complexity index is 678. The summed E-state index contributed by atoms with van der Waals surface area (Å²) in [6, 6.07) is 3.77. The molecule has 0 radical (unpaired) electrons. The number of nitrogens with zero attached hydrogens (tertiary/aromatic N) is 2. The van der Waals surface area contributed by atoms with Gasteiger partial charge in [-0.15, -0.1) is 11.3 Å². The summed E-state index contributed by atoms with van der Waals surface area (Å²) in [6.45, 7) is 2.59. The van der Waals surface area contributed by atoms with Crippen LogP contribution in [-0.2, 0) is 6.54 Å². The van der Waals surface area contributed by atoms with E-state index in [2.05, 4.69) is 15.3 Å². The van der Waals surface area contributed by atoms with Crippen LogP contribution in [0, 0.1) is 6.92 Å². The molecule has 0 aliphatic carbocycles. The van der Waals surface area contributed by atoms with Crippen molar-refractivity contribution in [2.24, 2.45) is 0 Å². The first-order valence-electron chi connectivity index (χ1n) is 5.41. The van der Waals surface area contributed by atoms with Gasteiger partial charge in [0, 0.05) is 0 Å². The van der Waals surface area contributed by atoms with Gasteiger partial charge in [0.1, 0.15) is 11.6 Å². The number of fused-ring (bicyclic) bond motifs is 1. The van der Waals surface area contributed by atoms with E-state index < -0.39 is 0 Å². The molecule has 6 heteroatoms. The topological polar surface area (TPSA) is 51.0 Å². The van der Waals surface area contributed by atoms with Crippen molar-refractivity contribution < 1.29 is 4.42 Å². The van der Waals surface area contributed by atoms with Crippen molar-refractivity contribution in [2.45, 2.75) is 13.5 Å². The van der Waals surface area contributed by atoms with Crippen LogP contribution in [0.2, 0.25) is 5.28 Å². The molecule has 18 heavy (non-hydrogen) atoms. The lowest BCUT2D eigenvalue weighted by Gasteiger charge is -2.05. The van der Waals surface area contributed by atoms with Gasteiger partial charge in [0.15, 0.2) is 0 Å². The van der Waals surface area contributed by atoms with Gasteiger partial charge in [0.2, 0.25) is 5.28 Å². The Morgan fingerprint density at radius 2 is 2.33 bits per heavy atom. The Labute approximate surface area is 113 Å². The molecule has 0 bridgehead atoms. The second-order valence-corrected chi connectivity index (χ2v) is 5.09. The molecule has 0 unspecified atom stereocenters. The summed E-state index contributed by atoms with van der Waals surface area (Å²) in [5, 5.41) is 5.53. The molecule has 92 valence electrons. The Hall–Kier alpha value is -1.59. The molecule has 0 aromatic carbocycles. The van der Waals surface area contributed by atoms with Crippen LogP contribution in [0.1, 0.15) is 11.3 Å². The maximum Gasteiger partial charge on any atom is 0.224 e. The molecule has 0 spiro atoms. The molecule has 0 aliphatic rings. The van der Waals surface area contributed by atoms with E-state index in [9.17, 15) is 0 Å². The highest BCUT2D eigenvalue weighted by molar-refractivity contribution is 7.18. The van der Waals surface area contributed by atoms with E-state index in [0.717, 1.165) is 27.4 Å². The minimum absolute atomic E-state index is 0.256. The summed E-state index contributed by atoms with van der Waals surface area (Å²) in [6.07, 6.45) is 1.65. The van der Waals surface area contributed by atoms with Gasteiger partial charge in [0.05, 0.1) is 23.0 Å². The second kappa shape index (κ2) is 4.59. The molecular formula is C12H10ClN3OS. The summed E-state index contributed by atoms with van der Waals surface area (Å²) in [4.78, 5) is 8.47. The summed E-state index contributed by atoms with van der Waals surface area (Å²) in [5.41, 5.74) is 2.02. The number of halogens is 1. The number of hydrogen-bond donors (Lipinski definition) is 1. The average Bonchev–Trinajstić information content (AvgIpc) is 2.97. The number of hydrogen-bond acceptors (Lipinski definition) is 5. The molecule has 0 fully saturated rings. The second-order valence-electron chi connectivity index (χ2n) is 3.87. The van der Waals surface area contributed by atoms with E-state index in [1.165, 1.54) is 0 Å². The van der Waals surface area contributed by atoms with E-state index in [4.69, 9.17) is 16.0 Å². The third-order valence-corrected chi connectivity index (χ3v) is 3.84. The fraction of sp³-hybridized carbons (Fsp3) is 0.167. The van der Waals surface area contributed by atoms with Crippen molar-refractivity contribution in [3.63, 3.8) is 0 Å². The smallest absolute Gasteiger partial charge is 0.224 e. The molecule has 3 rings (SSSR count). The zero-order valence-corrected chi connectivity index (χ0v) is 11.2. The van der Waals surface area contributed by atoms with Crippen LogP contribution in [0.3, 0.4) is 0 Å². The highest BCUT2D eigenvalue weighted by Crippen LogP contribution is 2.30. The Morgan fingerprint density at radius 1 is 1.44 bits per heavy atom. The van der Waals surface area contributed by atoms with E-state index in [-0.39, 0.29) is 5.28 Å². The van der Waals surface area contributed by atoms with Gasteiger partial charge in [0.25, 0.3) is 0 Å². The Kier molecular flexibility index (Phi) is 2.93. The van der Waals surface area contributed by atoms with Crippen molar-refractivity contribution in [1.82, 2.24) is 9.97 Å². The van der Waals surface area contributed by atoms with Gasteiger partial charge < -0.3 is 9.73 Å². The van der Waals surface area contributed by atoms with Crippen molar-refractivity contribution in [3.05, 3.63) is 40.4 Å². The normalized spacial score (nSPS) is 11.0. The van der Waals surface area contributed by atoms with Gasteiger partial charge in [-0.05, 0) is 41.6 Å². The highest BCUT2D eigenvalue weighted by atomic mass is 35.5. The molecule has 0 atom stereocenters. The van der Waals surface area contributed by atoms with Gasteiger partial charge >= 0.3 is 0 Å². The molecule has 0 saturated carbocycles. The molecule has 0 saturated heterocycles. The molecule has 1 N–H and O–H groups in total. The number of anilines is 1. The fourth-order valence-electron chi connectivity index (χ4n) is 1.71. The van der Waals surface area contributed by atoms with Crippen LogP contribution in [0.25, 0.3) is 10.2 Å². The molecule has 4 nitrogen and oxygen atoms in total. The first-order valence-corrected chi connectivity index (χ1v) is 6.67. The van der Waals surface area contributed by atoms with Gasteiger partial charge in [-0.3, -0.25) is 0 Å². The first kappa shape index (κ1) is 11.5. The van der Waals surface area contributed by atoms with Gasteiger partial charge in [-0.2, -0.15) is 4.98 Å². The maximum atomic E-state index is 5.93. The number of aromatic nitrogens is 2. The zero-order valence-electron chi connectivity index (χ0n) is 9.61. The predicted octanol–water partition coefficient (Wildman–Crippen LogP) is 3.86. The van der Waals surface area contributed by atoms with Crippen molar-refractivity contribution in [3.8, 4) is 0 Å². The van der Waals surface area contributed by atoms with Crippen molar-refractivity contribution >= 4 is 39.0 Å². The lowest BCUT2D eigenvalue weighted by molar-refractivity contribution is 0.518. The van der Waals surface area contributed by atoms with E-state index in [1.54, 1.807) is 17.6 Å². The minimum atomic E-state index is 0.256. The van der Waals surface area contributed by atoms with Gasteiger partial charge in [-0.25, -0.2) is 4.98 Å². The summed E-state index contributed by atoms with van der Waals surface area (Å²) >= 11 is 7.54. The number of aryl methyl sites for hydroxylation is 1. The summed E-state index contributed by atoms with van der Waals surface area (Å²) in [7, 11) is 0. The highest BCUT2D eigenvalue weighted by Gasteiger charge is 2.10. The van der Waals surface area contributed by atoms with Crippen LogP contribution in [0.4, 0.5) is 5.82 Å². The van der Waals surface area contributed by atoms with Gasteiger partial charge in [-0.1, -0.05) is 0 Å². The van der Waals surface area contributed by atoms with Crippen LogP contribution < -0.4 is 5.32 Å². The van der Waals surface area contributed by atoms with E-state index >= 15 is 0 Å². The molecular weight excluding hydrogens is 270 g/mol. The largest absolute Gasteiger partial charge is 0.467 e. The van der Waals surface area contributed by atoms with Crippen LogP contribution >= 0.6 is 22.9 Å². The summed E-state index contributed by atoms with van der Waals surface area (Å²) < 4.78 is 6.28. The quantitative estimate of drug-likeness (QED) is 0.740. The van der Waals surface area contributed by atoms with E-state index in [1.807, 2.05) is 24.4 Å². The van der Waals surface area contributed by atoms with Crippen LogP contribution in [0.5, 0.6) is 0 Å². The standard InChI is InChI=1S/C12H10ClN3OS/c1-7-6-18-10-9(7)15-12(13)16-11(10)14-5-8-3-2-4-17-8/h2-4,6H,5H2,1H3,(H,14,15,16). The van der Waals surface area contributed by atoms with Crippen molar-refractivity contribution in [2.75, 3.05) is 5.32 Å². The minimum Gasteiger partial charge on any atom is -0.467 e. The number of furan rings is 1. The SMILES string of the molecule is Cc1csc2c(NCc3ccco3)nc(Cl)nc12. The Balaban J connectivity index is 1.95. The maximum absolute atomic E-state index is 5.93. The molecule has 3 aromatic heterocycles. The average molecular weight is 280 g/mol.